The number of piperidine rings is 1. The third-order valence-corrected chi connectivity index (χ3v) is 3.63. The van der Waals surface area contributed by atoms with E-state index in [4.69, 9.17) is 0 Å². The molecule has 1 heterocycles. The second-order valence-electron chi connectivity index (χ2n) is 5.62. The summed E-state index contributed by atoms with van der Waals surface area (Å²) in [5.41, 5.74) is 3.44. The van der Waals surface area contributed by atoms with E-state index in [0.29, 0.717) is 11.7 Å². The molecule has 0 bridgehead atoms. The lowest BCUT2D eigenvalue weighted by atomic mass is 9.87. The van der Waals surface area contributed by atoms with Crippen LogP contribution in [0.2, 0.25) is 0 Å². The van der Waals surface area contributed by atoms with Gasteiger partial charge in [-0.2, -0.15) is 0 Å². The van der Waals surface area contributed by atoms with Crippen LogP contribution in [-0.2, 0) is 6.54 Å². The van der Waals surface area contributed by atoms with Crippen LogP contribution in [0.3, 0.4) is 0 Å². The van der Waals surface area contributed by atoms with Gasteiger partial charge in [-0.3, -0.25) is 0 Å². The number of nitrogens with one attached hydrogen (secondary N) is 1. The summed E-state index contributed by atoms with van der Waals surface area (Å²) in [4.78, 5) is 2.10. The fourth-order valence-electron chi connectivity index (χ4n) is 2.79. The average Bonchev–Trinajstić information content (AvgIpc) is 2.34. The molecule has 18 heavy (non-hydrogen) atoms. The minimum atomic E-state index is 0.507. The highest BCUT2D eigenvalue weighted by Crippen LogP contribution is 2.35. The van der Waals surface area contributed by atoms with Crippen LogP contribution in [0.1, 0.15) is 35.4 Å². The second-order valence-corrected chi connectivity index (χ2v) is 5.62. The van der Waals surface area contributed by atoms with Gasteiger partial charge in [0.1, 0.15) is 5.75 Å². The molecule has 2 rings (SSSR count). The lowest BCUT2D eigenvalue weighted by Gasteiger charge is -2.25. The van der Waals surface area contributed by atoms with Crippen molar-refractivity contribution in [2.75, 3.05) is 27.2 Å². The van der Waals surface area contributed by atoms with E-state index in [0.717, 1.165) is 43.6 Å². The third-order valence-electron chi connectivity index (χ3n) is 3.63. The molecule has 1 fully saturated rings. The second kappa shape index (κ2) is 5.72. The summed E-state index contributed by atoms with van der Waals surface area (Å²) in [6.07, 6.45) is 2.25. The van der Waals surface area contributed by atoms with Crippen molar-refractivity contribution in [1.82, 2.24) is 10.2 Å². The van der Waals surface area contributed by atoms with Crippen LogP contribution in [0.4, 0.5) is 0 Å². The van der Waals surface area contributed by atoms with Gasteiger partial charge in [0, 0.05) is 12.1 Å². The van der Waals surface area contributed by atoms with Gasteiger partial charge in [-0.1, -0.05) is 17.7 Å². The molecule has 1 saturated heterocycles. The van der Waals surface area contributed by atoms with Crippen LogP contribution in [0, 0.1) is 6.92 Å². The fourth-order valence-corrected chi connectivity index (χ4v) is 2.79. The molecule has 1 aliphatic heterocycles. The van der Waals surface area contributed by atoms with Gasteiger partial charge >= 0.3 is 0 Å². The topological polar surface area (TPSA) is 35.5 Å². The smallest absolute Gasteiger partial charge is 0.123 e. The number of nitrogens with zero attached hydrogens (tertiary/aromatic N) is 1. The number of phenolic OH excluding ortho intramolecular Hbond substituents is 1. The SMILES string of the molecule is Cc1cc(CN(C)C)c(O)c(C2CCNCC2)c1. The highest BCUT2D eigenvalue weighted by Gasteiger charge is 2.20. The maximum Gasteiger partial charge on any atom is 0.123 e. The molecule has 0 unspecified atom stereocenters. The number of aryl methyl sites for hydroxylation is 1. The number of hydrogen-bond donors (Lipinski definition) is 2. The summed E-state index contributed by atoms with van der Waals surface area (Å²) in [5.74, 6) is 1.02. The Balaban J connectivity index is 2.31. The first-order valence-corrected chi connectivity index (χ1v) is 6.75. The Kier molecular flexibility index (Phi) is 4.25. The number of rotatable bonds is 3. The summed E-state index contributed by atoms with van der Waals surface area (Å²) in [7, 11) is 4.07. The van der Waals surface area contributed by atoms with Crippen molar-refractivity contribution in [3.63, 3.8) is 0 Å². The van der Waals surface area contributed by atoms with Crippen molar-refractivity contribution in [2.24, 2.45) is 0 Å². The molecule has 1 aromatic rings. The molecule has 100 valence electrons. The molecule has 1 aromatic carbocycles. The molecule has 0 saturated carbocycles. The molecular weight excluding hydrogens is 224 g/mol. The van der Waals surface area contributed by atoms with Gasteiger partial charge in [-0.05, 0) is 58.4 Å². The summed E-state index contributed by atoms with van der Waals surface area (Å²) in [5, 5.41) is 13.8. The largest absolute Gasteiger partial charge is 0.507 e. The summed E-state index contributed by atoms with van der Waals surface area (Å²) < 4.78 is 0. The molecule has 0 aromatic heterocycles. The molecule has 0 aliphatic carbocycles. The van der Waals surface area contributed by atoms with Crippen molar-refractivity contribution >= 4 is 0 Å². The van der Waals surface area contributed by atoms with Crippen LogP contribution >= 0.6 is 0 Å². The molecule has 1 aliphatic rings. The molecule has 0 atom stereocenters. The molecule has 0 spiro atoms. The van der Waals surface area contributed by atoms with Gasteiger partial charge in [-0.25, -0.2) is 0 Å². The van der Waals surface area contributed by atoms with Crippen molar-refractivity contribution < 1.29 is 5.11 Å². The van der Waals surface area contributed by atoms with Crippen LogP contribution in [0.5, 0.6) is 5.75 Å². The normalized spacial score (nSPS) is 17.3. The average molecular weight is 248 g/mol. The van der Waals surface area contributed by atoms with Crippen molar-refractivity contribution in [2.45, 2.75) is 32.2 Å². The Morgan fingerprint density at radius 3 is 2.56 bits per heavy atom. The van der Waals surface area contributed by atoms with Crippen LogP contribution in [0.25, 0.3) is 0 Å². The van der Waals surface area contributed by atoms with Crippen LogP contribution in [0.15, 0.2) is 12.1 Å². The molecule has 0 amide bonds. The lowest BCUT2D eigenvalue weighted by Crippen LogP contribution is -2.26. The minimum Gasteiger partial charge on any atom is -0.507 e. The highest BCUT2D eigenvalue weighted by atomic mass is 16.3. The first-order valence-electron chi connectivity index (χ1n) is 6.75. The van der Waals surface area contributed by atoms with Gasteiger partial charge in [0.15, 0.2) is 0 Å². The molecule has 3 nitrogen and oxygen atoms in total. The Morgan fingerprint density at radius 2 is 1.94 bits per heavy atom. The number of phenols is 1. The Hall–Kier alpha value is -1.06. The maximum atomic E-state index is 10.5. The van der Waals surface area contributed by atoms with E-state index >= 15 is 0 Å². The maximum absolute atomic E-state index is 10.5. The number of benzene rings is 1. The predicted octanol–water partition coefficient (Wildman–Crippen LogP) is 2.23. The van der Waals surface area contributed by atoms with Crippen molar-refractivity contribution in [3.05, 3.63) is 28.8 Å². The number of aromatic hydroxyl groups is 1. The zero-order valence-electron chi connectivity index (χ0n) is 11.7. The highest BCUT2D eigenvalue weighted by molar-refractivity contribution is 5.45. The zero-order chi connectivity index (χ0) is 13.1. The van der Waals surface area contributed by atoms with E-state index in [1.807, 2.05) is 14.1 Å². The van der Waals surface area contributed by atoms with Crippen LogP contribution in [-0.4, -0.2) is 37.2 Å². The first-order chi connectivity index (χ1) is 8.58. The monoisotopic (exact) mass is 248 g/mol. The first kappa shape index (κ1) is 13.4. The van der Waals surface area contributed by atoms with Gasteiger partial charge in [0.2, 0.25) is 0 Å². The van der Waals surface area contributed by atoms with E-state index in [2.05, 4.69) is 29.3 Å². The molecule has 3 heteroatoms. The third kappa shape index (κ3) is 3.03. The van der Waals surface area contributed by atoms with E-state index in [9.17, 15) is 5.11 Å². The standard InChI is InChI=1S/C15H24N2O/c1-11-8-13(10-17(2)3)15(18)14(9-11)12-4-6-16-7-5-12/h8-9,12,16,18H,4-7,10H2,1-3H3. The summed E-state index contributed by atoms with van der Waals surface area (Å²) in [6, 6.07) is 4.25. The van der Waals surface area contributed by atoms with Gasteiger partial charge in [0.25, 0.3) is 0 Å². The number of hydrogen-bond acceptors (Lipinski definition) is 3. The Morgan fingerprint density at radius 1 is 1.28 bits per heavy atom. The van der Waals surface area contributed by atoms with E-state index in [1.165, 1.54) is 5.56 Å². The lowest BCUT2D eigenvalue weighted by molar-refractivity contribution is 0.378. The molecule has 0 radical (unpaired) electrons. The fraction of sp³-hybridized carbons (Fsp3) is 0.600. The zero-order valence-corrected chi connectivity index (χ0v) is 11.7. The van der Waals surface area contributed by atoms with Crippen molar-refractivity contribution in [1.29, 1.82) is 0 Å². The van der Waals surface area contributed by atoms with E-state index in [1.54, 1.807) is 0 Å². The van der Waals surface area contributed by atoms with Gasteiger partial charge in [0.05, 0.1) is 0 Å². The predicted molar refractivity (Wildman–Crippen MR) is 75.1 cm³/mol. The molecule has 2 N–H and O–H groups in total. The summed E-state index contributed by atoms with van der Waals surface area (Å²) in [6.45, 7) is 5.02. The minimum absolute atomic E-state index is 0.507. The Labute approximate surface area is 110 Å². The van der Waals surface area contributed by atoms with Gasteiger partial charge < -0.3 is 15.3 Å². The van der Waals surface area contributed by atoms with E-state index < -0.39 is 0 Å². The molecular formula is C15H24N2O. The Bertz CT molecular complexity index is 409. The quantitative estimate of drug-likeness (QED) is 0.861. The van der Waals surface area contributed by atoms with Gasteiger partial charge in [-0.15, -0.1) is 0 Å². The van der Waals surface area contributed by atoms with Crippen LogP contribution < -0.4 is 5.32 Å². The van der Waals surface area contributed by atoms with E-state index in [-0.39, 0.29) is 0 Å². The van der Waals surface area contributed by atoms with Crippen molar-refractivity contribution in [3.8, 4) is 5.75 Å². The summed E-state index contributed by atoms with van der Waals surface area (Å²) >= 11 is 0.